The van der Waals surface area contributed by atoms with Gasteiger partial charge in [-0.05, 0) is 42.5 Å². The molecule has 9 heteroatoms. The number of nitrogens with one attached hydrogen (secondary N) is 2. The lowest BCUT2D eigenvalue weighted by molar-refractivity contribution is -0.129. The van der Waals surface area contributed by atoms with Crippen LogP contribution in [-0.4, -0.2) is 37.5 Å². The molecule has 2 aromatic carbocycles. The monoisotopic (exact) mass is 447 g/mol. The second kappa shape index (κ2) is 9.45. The van der Waals surface area contributed by atoms with Gasteiger partial charge in [-0.3, -0.25) is 14.4 Å². The van der Waals surface area contributed by atoms with Crippen molar-refractivity contribution >= 4 is 46.4 Å². The van der Waals surface area contributed by atoms with Gasteiger partial charge in [0.1, 0.15) is 12.4 Å². The van der Waals surface area contributed by atoms with Gasteiger partial charge in [0.25, 0.3) is 5.91 Å². The summed E-state index contributed by atoms with van der Waals surface area (Å²) in [5.41, 5.74) is -0.169. The van der Waals surface area contributed by atoms with E-state index in [-0.39, 0.29) is 30.5 Å². The number of halogens is 2. The van der Waals surface area contributed by atoms with Crippen molar-refractivity contribution in [3.63, 3.8) is 0 Å². The van der Waals surface area contributed by atoms with Crippen molar-refractivity contribution in [3.8, 4) is 0 Å². The van der Waals surface area contributed by atoms with E-state index in [1.807, 2.05) is 0 Å². The van der Waals surface area contributed by atoms with Gasteiger partial charge >= 0.3 is 0 Å². The Bertz CT molecular complexity index is 995. The van der Waals surface area contributed by atoms with E-state index in [4.69, 9.17) is 16.3 Å². The van der Waals surface area contributed by atoms with Gasteiger partial charge in [-0.2, -0.15) is 0 Å². The second-order valence-corrected chi connectivity index (χ2v) is 8.27. The number of carbonyl (C=O) groups excluding carboxylic acids is 3. The lowest BCUT2D eigenvalue weighted by Gasteiger charge is -2.27. The van der Waals surface area contributed by atoms with Crippen LogP contribution in [0.15, 0.2) is 42.5 Å². The van der Waals surface area contributed by atoms with Crippen molar-refractivity contribution < 1.29 is 23.5 Å². The highest BCUT2D eigenvalue weighted by Gasteiger charge is 2.31. The Morgan fingerprint density at radius 2 is 1.87 bits per heavy atom. The van der Waals surface area contributed by atoms with E-state index in [9.17, 15) is 18.8 Å². The molecule has 0 aliphatic carbocycles. The van der Waals surface area contributed by atoms with Crippen LogP contribution in [0.3, 0.4) is 0 Å². The molecule has 1 aliphatic rings. The highest BCUT2D eigenvalue weighted by Crippen LogP contribution is 2.27. The number of amides is 3. The third kappa shape index (κ3) is 5.80. The number of morpholine rings is 1. The molecule has 31 heavy (non-hydrogen) atoms. The molecule has 0 bridgehead atoms. The average Bonchev–Trinajstić information content (AvgIpc) is 2.71. The largest absolute Gasteiger partial charge is 0.370 e. The van der Waals surface area contributed by atoms with Gasteiger partial charge in [0.15, 0.2) is 0 Å². The Balaban J connectivity index is 1.63. The summed E-state index contributed by atoms with van der Waals surface area (Å²) in [7, 11) is 0. The zero-order valence-corrected chi connectivity index (χ0v) is 18.0. The summed E-state index contributed by atoms with van der Waals surface area (Å²) >= 11 is 5.83. The number of benzene rings is 2. The lowest BCUT2D eigenvalue weighted by atomic mass is 9.87. The number of nitrogens with zero attached hydrogens (tertiary/aromatic N) is 1. The summed E-state index contributed by atoms with van der Waals surface area (Å²) in [6.45, 7) is 3.86. The average molecular weight is 448 g/mol. The van der Waals surface area contributed by atoms with Crippen LogP contribution in [0, 0.1) is 11.2 Å². The van der Waals surface area contributed by atoms with Gasteiger partial charge in [-0.1, -0.05) is 25.4 Å². The molecule has 0 radical (unpaired) electrons. The van der Waals surface area contributed by atoms with Crippen molar-refractivity contribution in [2.24, 2.45) is 5.41 Å². The first kappa shape index (κ1) is 22.7. The van der Waals surface area contributed by atoms with Crippen molar-refractivity contribution in [3.05, 3.63) is 53.3 Å². The van der Waals surface area contributed by atoms with Crippen LogP contribution in [0.25, 0.3) is 0 Å². The van der Waals surface area contributed by atoms with Gasteiger partial charge in [-0.15, -0.1) is 0 Å². The Morgan fingerprint density at radius 3 is 2.52 bits per heavy atom. The van der Waals surface area contributed by atoms with E-state index >= 15 is 0 Å². The van der Waals surface area contributed by atoms with Crippen molar-refractivity contribution in [1.82, 2.24) is 0 Å². The minimum absolute atomic E-state index is 0.0272. The van der Waals surface area contributed by atoms with Crippen LogP contribution < -0.4 is 15.5 Å². The van der Waals surface area contributed by atoms with Gasteiger partial charge in [0.2, 0.25) is 11.8 Å². The van der Waals surface area contributed by atoms with Crippen LogP contribution in [0.5, 0.6) is 0 Å². The molecule has 3 amide bonds. The molecule has 1 heterocycles. The normalized spacial score (nSPS) is 14.3. The van der Waals surface area contributed by atoms with Gasteiger partial charge < -0.3 is 20.3 Å². The zero-order valence-electron chi connectivity index (χ0n) is 17.2. The third-order valence-corrected chi connectivity index (χ3v) is 5.10. The summed E-state index contributed by atoms with van der Waals surface area (Å²) in [6.07, 6.45) is -0.108. The molecule has 3 rings (SSSR count). The Hall–Kier alpha value is -2.97. The summed E-state index contributed by atoms with van der Waals surface area (Å²) in [5.74, 6) is -1.79. The van der Waals surface area contributed by atoms with E-state index in [1.54, 1.807) is 44.2 Å². The molecule has 1 saturated heterocycles. The Labute approximate surface area is 184 Å². The lowest BCUT2D eigenvalue weighted by Crippen LogP contribution is -2.41. The Morgan fingerprint density at radius 1 is 1.16 bits per heavy atom. The predicted molar refractivity (Wildman–Crippen MR) is 117 cm³/mol. The number of rotatable bonds is 6. The summed E-state index contributed by atoms with van der Waals surface area (Å²) in [4.78, 5) is 38.4. The fourth-order valence-electron chi connectivity index (χ4n) is 3.08. The highest BCUT2D eigenvalue weighted by molar-refractivity contribution is 6.30. The molecule has 0 spiro atoms. The van der Waals surface area contributed by atoms with E-state index in [2.05, 4.69) is 10.6 Å². The van der Waals surface area contributed by atoms with Crippen molar-refractivity contribution in [2.45, 2.75) is 20.3 Å². The minimum Gasteiger partial charge on any atom is -0.370 e. The molecular weight excluding hydrogens is 425 g/mol. The molecule has 0 atom stereocenters. The molecule has 164 valence electrons. The van der Waals surface area contributed by atoms with Crippen molar-refractivity contribution in [2.75, 3.05) is 35.3 Å². The number of hydrogen-bond acceptors (Lipinski definition) is 4. The van der Waals surface area contributed by atoms with E-state index in [0.717, 1.165) is 0 Å². The number of carbonyl (C=O) groups is 3. The maximum absolute atomic E-state index is 14.6. The summed E-state index contributed by atoms with van der Waals surface area (Å²) in [6, 6.07) is 10.8. The molecule has 0 unspecified atom stereocenters. The molecule has 1 fully saturated rings. The molecule has 0 aromatic heterocycles. The second-order valence-electron chi connectivity index (χ2n) is 7.83. The number of anilines is 3. The van der Waals surface area contributed by atoms with E-state index in [0.29, 0.717) is 29.5 Å². The SMILES string of the molecule is CC(C)(CC(=O)Nc1ccc(Cl)cc1)C(=O)Nc1ccc(N2CCOCC2=O)cc1F. The smallest absolute Gasteiger partial charge is 0.253 e. The number of hydrogen-bond donors (Lipinski definition) is 2. The molecule has 2 aromatic rings. The van der Waals surface area contributed by atoms with Crippen LogP contribution >= 0.6 is 11.6 Å². The maximum Gasteiger partial charge on any atom is 0.253 e. The van der Waals surface area contributed by atoms with Crippen LogP contribution in [0.1, 0.15) is 20.3 Å². The van der Waals surface area contributed by atoms with Gasteiger partial charge in [-0.25, -0.2) is 4.39 Å². The topological polar surface area (TPSA) is 87.7 Å². The quantitative estimate of drug-likeness (QED) is 0.704. The van der Waals surface area contributed by atoms with E-state index < -0.39 is 17.1 Å². The van der Waals surface area contributed by atoms with Crippen LogP contribution in [0.4, 0.5) is 21.5 Å². The van der Waals surface area contributed by atoms with Gasteiger partial charge in [0.05, 0.1) is 17.7 Å². The highest BCUT2D eigenvalue weighted by atomic mass is 35.5. The predicted octanol–water partition coefficient (Wildman–Crippen LogP) is 3.84. The number of ether oxygens (including phenoxy) is 1. The first-order valence-electron chi connectivity index (χ1n) is 9.70. The standard InChI is InChI=1S/C22H23ClFN3O4/c1-22(2,12-19(28)25-15-5-3-14(23)4-6-15)21(30)26-18-8-7-16(11-17(18)24)27-9-10-31-13-20(27)29/h3-8,11H,9-10,12-13H2,1-2H3,(H,25,28)(H,26,30). The first-order valence-corrected chi connectivity index (χ1v) is 10.1. The molecular formula is C22H23ClFN3O4. The zero-order chi connectivity index (χ0) is 22.6. The summed E-state index contributed by atoms with van der Waals surface area (Å²) < 4.78 is 19.7. The maximum atomic E-state index is 14.6. The first-order chi connectivity index (χ1) is 14.7. The molecule has 0 saturated carbocycles. The molecule has 2 N–H and O–H groups in total. The van der Waals surface area contributed by atoms with E-state index in [1.165, 1.54) is 17.0 Å². The summed E-state index contributed by atoms with van der Waals surface area (Å²) in [5, 5.41) is 5.78. The molecule has 1 aliphatic heterocycles. The van der Waals surface area contributed by atoms with Crippen LogP contribution in [0.2, 0.25) is 5.02 Å². The van der Waals surface area contributed by atoms with Crippen molar-refractivity contribution in [1.29, 1.82) is 0 Å². The van der Waals surface area contributed by atoms with Crippen LogP contribution in [-0.2, 0) is 19.1 Å². The van der Waals surface area contributed by atoms with Gasteiger partial charge in [0, 0.05) is 29.4 Å². The third-order valence-electron chi connectivity index (χ3n) is 4.84. The fraction of sp³-hybridized carbons (Fsp3) is 0.318. The minimum atomic E-state index is -1.10. The Kier molecular flexibility index (Phi) is 6.92. The molecule has 7 nitrogen and oxygen atoms in total. The fourth-order valence-corrected chi connectivity index (χ4v) is 3.20.